The molecule has 1 aromatic heterocycles. The molecule has 3 aromatic rings. The van der Waals surface area contributed by atoms with E-state index in [0.717, 1.165) is 16.9 Å². The Balaban J connectivity index is 1.82. The van der Waals surface area contributed by atoms with Gasteiger partial charge in [-0.25, -0.2) is 4.98 Å². The second kappa shape index (κ2) is 6.94. The number of aromatic nitrogens is 2. The molecule has 0 saturated carbocycles. The van der Waals surface area contributed by atoms with Crippen molar-refractivity contribution >= 4 is 16.9 Å². The number of carbonyl (C=O) groups is 1. The van der Waals surface area contributed by atoms with Gasteiger partial charge in [-0.3, -0.25) is 4.79 Å². The largest absolute Gasteiger partial charge is 0.342 e. The van der Waals surface area contributed by atoms with Crippen LogP contribution in [0.25, 0.3) is 11.0 Å². The Kier molecular flexibility index (Phi) is 4.86. The lowest BCUT2D eigenvalue weighted by Crippen LogP contribution is -2.32. The van der Waals surface area contributed by atoms with Crippen LogP contribution in [-0.4, -0.2) is 15.9 Å². The number of imidazole rings is 1. The molecule has 0 radical (unpaired) electrons. The fourth-order valence-corrected chi connectivity index (χ4v) is 3.02. The molecule has 1 amide bonds. The molecule has 0 bridgehead atoms. The zero-order valence-electron chi connectivity index (χ0n) is 16.1. The number of fused-ring (bicyclic) bond motifs is 1. The van der Waals surface area contributed by atoms with Gasteiger partial charge in [-0.15, -0.1) is 0 Å². The number of aromatic amines is 1. The number of rotatable bonds is 4. The number of hydrogen-bond donors (Lipinski definition) is 2. The number of nitrogens with zero attached hydrogens (tertiary/aromatic N) is 1. The van der Waals surface area contributed by atoms with Gasteiger partial charge in [0.25, 0.3) is 5.91 Å². The van der Waals surface area contributed by atoms with Crippen molar-refractivity contribution < 1.29 is 4.79 Å². The predicted octanol–water partition coefficient (Wildman–Crippen LogP) is 4.99. The van der Waals surface area contributed by atoms with E-state index in [9.17, 15) is 4.79 Å². The third-order valence-electron chi connectivity index (χ3n) is 4.67. The minimum absolute atomic E-state index is 0.0732. The highest BCUT2D eigenvalue weighted by Gasteiger charge is 2.23. The minimum atomic E-state index is -0.169. The molecule has 0 fully saturated rings. The third kappa shape index (κ3) is 3.79. The van der Waals surface area contributed by atoms with Gasteiger partial charge in [0.2, 0.25) is 0 Å². The van der Waals surface area contributed by atoms with Gasteiger partial charge in [0.05, 0.1) is 17.1 Å². The van der Waals surface area contributed by atoms with E-state index in [2.05, 4.69) is 49.9 Å². The molecule has 0 aliphatic rings. The summed E-state index contributed by atoms with van der Waals surface area (Å²) in [7, 11) is 0. The zero-order valence-corrected chi connectivity index (χ0v) is 16.1. The van der Waals surface area contributed by atoms with Crippen LogP contribution in [0.1, 0.15) is 62.4 Å². The van der Waals surface area contributed by atoms with Gasteiger partial charge in [-0.1, -0.05) is 58.9 Å². The molecule has 26 heavy (non-hydrogen) atoms. The first-order valence-electron chi connectivity index (χ1n) is 9.12. The van der Waals surface area contributed by atoms with Gasteiger partial charge in [-0.05, 0) is 41.2 Å². The van der Waals surface area contributed by atoms with Crippen LogP contribution < -0.4 is 5.32 Å². The highest BCUT2D eigenvalue weighted by atomic mass is 16.1. The van der Waals surface area contributed by atoms with Crippen LogP contribution in [-0.2, 0) is 5.41 Å². The summed E-state index contributed by atoms with van der Waals surface area (Å²) in [6.07, 6.45) is 0. The molecule has 4 nitrogen and oxygen atoms in total. The number of para-hydroxylation sites is 2. The molecule has 4 heteroatoms. The fourth-order valence-electron chi connectivity index (χ4n) is 3.02. The van der Waals surface area contributed by atoms with E-state index in [4.69, 9.17) is 0 Å². The van der Waals surface area contributed by atoms with Gasteiger partial charge < -0.3 is 10.3 Å². The molecular formula is C22H27N3O. The van der Waals surface area contributed by atoms with Crippen molar-refractivity contribution in [1.82, 2.24) is 15.3 Å². The first-order chi connectivity index (χ1) is 12.3. The van der Waals surface area contributed by atoms with Gasteiger partial charge in [-0.2, -0.15) is 0 Å². The van der Waals surface area contributed by atoms with Crippen molar-refractivity contribution in [3.8, 4) is 0 Å². The molecule has 0 aliphatic heterocycles. The molecular weight excluding hydrogens is 322 g/mol. The Morgan fingerprint density at radius 2 is 1.69 bits per heavy atom. The number of carbonyl (C=O) groups excluding carboxylic acids is 1. The van der Waals surface area contributed by atoms with E-state index in [-0.39, 0.29) is 23.3 Å². The van der Waals surface area contributed by atoms with Crippen LogP contribution in [0, 0.1) is 5.92 Å². The number of hydrogen-bond acceptors (Lipinski definition) is 2. The predicted molar refractivity (Wildman–Crippen MR) is 106 cm³/mol. The molecule has 0 saturated heterocycles. The topological polar surface area (TPSA) is 57.8 Å². The van der Waals surface area contributed by atoms with Gasteiger partial charge >= 0.3 is 0 Å². The first-order valence-corrected chi connectivity index (χ1v) is 9.12. The molecule has 3 rings (SSSR count). The maximum absolute atomic E-state index is 12.8. The summed E-state index contributed by atoms with van der Waals surface area (Å²) in [6.45, 7) is 10.7. The summed E-state index contributed by atoms with van der Waals surface area (Å²) in [5, 5.41) is 3.14. The second-order valence-electron chi connectivity index (χ2n) is 8.16. The lowest BCUT2D eigenvalue weighted by molar-refractivity contribution is 0.0923. The van der Waals surface area contributed by atoms with Crippen molar-refractivity contribution in [1.29, 1.82) is 0 Å². The smallest absolute Gasteiger partial charge is 0.251 e. The Morgan fingerprint density at radius 3 is 2.27 bits per heavy atom. The van der Waals surface area contributed by atoms with E-state index in [1.54, 1.807) is 0 Å². The Labute approximate surface area is 155 Å². The summed E-state index contributed by atoms with van der Waals surface area (Å²) in [6, 6.07) is 15.6. The molecule has 0 spiro atoms. The van der Waals surface area contributed by atoms with Gasteiger partial charge in [0, 0.05) is 5.56 Å². The average molecular weight is 349 g/mol. The summed E-state index contributed by atoms with van der Waals surface area (Å²) < 4.78 is 0. The van der Waals surface area contributed by atoms with E-state index < -0.39 is 0 Å². The number of nitrogens with one attached hydrogen (secondary N) is 2. The standard InChI is InChI=1S/C22H27N3O/c1-14(2)19(20-23-17-8-6-7-9-18(17)24-20)25-21(26)15-10-12-16(13-11-15)22(3,4)5/h6-14,19H,1-5H3,(H,23,24)(H,25,26). The van der Waals surface area contributed by atoms with E-state index in [1.807, 2.05) is 48.5 Å². The third-order valence-corrected chi connectivity index (χ3v) is 4.67. The molecule has 136 valence electrons. The van der Waals surface area contributed by atoms with Crippen molar-refractivity contribution in [3.05, 3.63) is 65.5 Å². The summed E-state index contributed by atoms with van der Waals surface area (Å²) in [5.74, 6) is 0.929. The molecule has 1 unspecified atom stereocenters. The van der Waals surface area contributed by atoms with Gasteiger partial charge in [0.15, 0.2) is 0 Å². The minimum Gasteiger partial charge on any atom is -0.342 e. The average Bonchev–Trinajstić information content (AvgIpc) is 3.02. The first kappa shape index (κ1) is 18.2. The van der Waals surface area contributed by atoms with Gasteiger partial charge in [0.1, 0.15) is 5.82 Å². The fraction of sp³-hybridized carbons (Fsp3) is 0.364. The van der Waals surface area contributed by atoms with Crippen LogP contribution in [0.5, 0.6) is 0 Å². The lowest BCUT2D eigenvalue weighted by Gasteiger charge is -2.21. The summed E-state index contributed by atoms with van der Waals surface area (Å²) in [4.78, 5) is 20.8. The summed E-state index contributed by atoms with van der Waals surface area (Å²) in [5.41, 5.74) is 3.85. The van der Waals surface area contributed by atoms with E-state index >= 15 is 0 Å². The van der Waals surface area contributed by atoms with Crippen LogP contribution in [0.15, 0.2) is 48.5 Å². The van der Waals surface area contributed by atoms with Crippen molar-refractivity contribution in [2.45, 2.75) is 46.1 Å². The Morgan fingerprint density at radius 1 is 1.04 bits per heavy atom. The van der Waals surface area contributed by atoms with Crippen LogP contribution in [0.4, 0.5) is 0 Å². The quantitative estimate of drug-likeness (QED) is 0.697. The molecule has 2 N–H and O–H groups in total. The maximum atomic E-state index is 12.8. The number of H-pyrrole nitrogens is 1. The van der Waals surface area contributed by atoms with Crippen molar-refractivity contribution in [2.75, 3.05) is 0 Å². The number of amides is 1. The van der Waals surface area contributed by atoms with Crippen LogP contribution >= 0.6 is 0 Å². The Hall–Kier alpha value is -2.62. The Bertz CT molecular complexity index is 868. The molecule has 0 aliphatic carbocycles. The SMILES string of the molecule is CC(C)C(NC(=O)c1ccc(C(C)(C)C)cc1)c1nc2ccccc2[nH]1. The second-order valence-corrected chi connectivity index (χ2v) is 8.16. The highest BCUT2D eigenvalue weighted by Crippen LogP contribution is 2.24. The normalized spacial score (nSPS) is 13.2. The van der Waals surface area contributed by atoms with Crippen molar-refractivity contribution in [2.24, 2.45) is 5.92 Å². The maximum Gasteiger partial charge on any atom is 0.251 e. The van der Waals surface area contributed by atoms with Crippen LogP contribution in [0.3, 0.4) is 0 Å². The van der Waals surface area contributed by atoms with E-state index in [1.165, 1.54) is 5.56 Å². The molecule has 1 heterocycles. The monoisotopic (exact) mass is 349 g/mol. The zero-order chi connectivity index (χ0) is 18.9. The lowest BCUT2D eigenvalue weighted by atomic mass is 9.86. The highest BCUT2D eigenvalue weighted by molar-refractivity contribution is 5.94. The van der Waals surface area contributed by atoms with Crippen molar-refractivity contribution in [3.63, 3.8) is 0 Å². The molecule has 1 atom stereocenters. The van der Waals surface area contributed by atoms with E-state index in [0.29, 0.717) is 5.56 Å². The molecule has 2 aromatic carbocycles. The van der Waals surface area contributed by atoms with Crippen LogP contribution in [0.2, 0.25) is 0 Å². The number of benzene rings is 2. The summed E-state index contributed by atoms with van der Waals surface area (Å²) >= 11 is 0.